The molecule has 0 bridgehead atoms. The summed E-state index contributed by atoms with van der Waals surface area (Å²) < 4.78 is 0. The van der Waals surface area contributed by atoms with E-state index < -0.39 is 0 Å². The zero-order valence-electron chi connectivity index (χ0n) is 17.5. The van der Waals surface area contributed by atoms with Gasteiger partial charge >= 0.3 is 0 Å². The molecule has 0 fully saturated rings. The first-order valence-corrected chi connectivity index (χ1v) is 11.0. The van der Waals surface area contributed by atoms with E-state index in [1.165, 1.54) is 65.0 Å². The van der Waals surface area contributed by atoms with Crippen LogP contribution in [0.3, 0.4) is 0 Å². The van der Waals surface area contributed by atoms with Crippen molar-refractivity contribution in [2.75, 3.05) is 0 Å². The van der Waals surface area contributed by atoms with E-state index >= 15 is 0 Å². The van der Waals surface area contributed by atoms with Gasteiger partial charge in [-0.05, 0) is 77.8 Å². The lowest BCUT2D eigenvalue weighted by molar-refractivity contribution is 1.15. The quantitative estimate of drug-likeness (QED) is 0.262. The first-order chi connectivity index (χ1) is 14.8. The summed E-state index contributed by atoms with van der Waals surface area (Å²) >= 11 is 0. The average Bonchev–Trinajstić information content (AvgIpc) is 2.82. The van der Waals surface area contributed by atoms with Gasteiger partial charge in [0.25, 0.3) is 0 Å². The maximum absolute atomic E-state index is 2.33. The fourth-order valence-electron chi connectivity index (χ4n) is 5.06. The van der Waals surface area contributed by atoms with Crippen LogP contribution in [0, 0.1) is 0 Å². The molecule has 0 unspecified atom stereocenters. The topological polar surface area (TPSA) is 0 Å². The second-order valence-electron chi connectivity index (χ2n) is 8.37. The van der Waals surface area contributed by atoms with Gasteiger partial charge in [-0.2, -0.15) is 0 Å². The highest BCUT2D eigenvalue weighted by Crippen LogP contribution is 2.37. The third-order valence-electron chi connectivity index (χ3n) is 6.77. The van der Waals surface area contributed by atoms with Crippen molar-refractivity contribution in [2.45, 2.75) is 26.7 Å². The molecule has 6 aromatic carbocycles. The van der Waals surface area contributed by atoms with Gasteiger partial charge in [-0.25, -0.2) is 0 Å². The SMILES string of the molecule is CCc1ccc2c(ccc3c2ccc2c4ccc5cc(CC)ccc5c4ccc32)c1. The Morgan fingerprint density at radius 3 is 1.03 bits per heavy atom. The molecule has 6 rings (SSSR count). The Morgan fingerprint density at radius 1 is 0.367 bits per heavy atom. The van der Waals surface area contributed by atoms with E-state index in [-0.39, 0.29) is 0 Å². The first kappa shape index (κ1) is 17.5. The second kappa shape index (κ2) is 6.57. The van der Waals surface area contributed by atoms with Gasteiger partial charge in [0.2, 0.25) is 0 Å². The van der Waals surface area contributed by atoms with Gasteiger partial charge in [0, 0.05) is 0 Å². The Labute approximate surface area is 176 Å². The molecular formula is C30H24. The van der Waals surface area contributed by atoms with Gasteiger partial charge in [0.15, 0.2) is 0 Å². The maximum atomic E-state index is 2.33. The van der Waals surface area contributed by atoms with Crippen molar-refractivity contribution in [2.24, 2.45) is 0 Å². The molecule has 0 N–H and O–H groups in total. The van der Waals surface area contributed by atoms with Crippen LogP contribution in [-0.4, -0.2) is 0 Å². The molecule has 0 nitrogen and oxygen atoms in total. The van der Waals surface area contributed by atoms with E-state index in [1.54, 1.807) is 0 Å². The molecule has 0 heterocycles. The van der Waals surface area contributed by atoms with Crippen molar-refractivity contribution in [3.63, 3.8) is 0 Å². The van der Waals surface area contributed by atoms with Gasteiger partial charge in [-0.1, -0.05) is 98.8 Å². The smallest absolute Gasteiger partial charge is 0.00987 e. The maximum Gasteiger partial charge on any atom is -0.00987 e. The van der Waals surface area contributed by atoms with Crippen molar-refractivity contribution in [1.82, 2.24) is 0 Å². The predicted molar refractivity (Wildman–Crippen MR) is 133 cm³/mol. The minimum Gasteiger partial charge on any atom is -0.0613 e. The molecule has 0 atom stereocenters. The normalized spacial score (nSPS) is 11.9. The summed E-state index contributed by atoms with van der Waals surface area (Å²) in [7, 11) is 0. The number of rotatable bonds is 2. The zero-order valence-corrected chi connectivity index (χ0v) is 17.5. The lowest BCUT2D eigenvalue weighted by Gasteiger charge is -2.12. The van der Waals surface area contributed by atoms with Gasteiger partial charge in [0.05, 0.1) is 0 Å². The zero-order chi connectivity index (χ0) is 20.2. The summed E-state index contributed by atoms with van der Waals surface area (Å²) in [5.41, 5.74) is 2.79. The van der Waals surface area contributed by atoms with E-state index in [1.807, 2.05) is 0 Å². The van der Waals surface area contributed by atoms with Gasteiger partial charge in [-0.15, -0.1) is 0 Å². The molecule has 30 heavy (non-hydrogen) atoms. The molecule has 0 heteroatoms. The fraction of sp³-hybridized carbons (Fsp3) is 0.133. The van der Waals surface area contributed by atoms with E-state index in [0.717, 1.165) is 12.8 Å². The highest BCUT2D eigenvalue weighted by molar-refractivity contribution is 6.24. The van der Waals surface area contributed by atoms with Crippen LogP contribution in [0.2, 0.25) is 0 Å². The highest BCUT2D eigenvalue weighted by atomic mass is 14.1. The lowest BCUT2D eigenvalue weighted by Crippen LogP contribution is -1.86. The molecule has 0 saturated heterocycles. The molecular weight excluding hydrogens is 360 g/mol. The Morgan fingerprint density at radius 2 is 0.667 bits per heavy atom. The van der Waals surface area contributed by atoms with Crippen LogP contribution in [0.25, 0.3) is 53.9 Å². The summed E-state index contributed by atoms with van der Waals surface area (Å²) in [5.74, 6) is 0. The Kier molecular flexibility index (Phi) is 3.83. The van der Waals surface area contributed by atoms with Crippen LogP contribution < -0.4 is 0 Å². The number of aryl methyl sites for hydroxylation is 2. The summed E-state index contributed by atoms with van der Waals surface area (Å²) in [6.45, 7) is 4.43. The van der Waals surface area contributed by atoms with Crippen molar-refractivity contribution >= 4 is 53.9 Å². The number of fused-ring (bicyclic) bond motifs is 9. The van der Waals surface area contributed by atoms with Crippen molar-refractivity contribution < 1.29 is 0 Å². The molecule has 0 amide bonds. The second-order valence-corrected chi connectivity index (χ2v) is 8.37. The molecule has 0 saturated carbocycles. The number of hydrogen-bond donors (Lipinski definition) is 0. The van der Waals surface area contributed by atoms with Crippen LogP contribution in [0.4, 0.5) is 0 Å². The van der Waals surface area contributed by atoms with Crippen molar-refractivity contribution in [1.29, 1.82) is 0 Å². The molecule has 0 aliphatic heterocycles. The molecule has 0 aliphatic rings. The van der Waals surface area contributed by atoms with Gasteiger partial charge in [-0.3, -0.25) is 0 Å². The monoisotopic (exact) mass is 384 g/mol. The first-order valence-electron chi connectivity index (χ1n) is 11.0. The van der Waals surface area contributed by atoms with Gasteiger partial charge in [0.1, 0.15) is 0 Å². The summed E-state index contributed by atoms with van der Waals surface area (Å²) in [6, 6.07) is 32.2. The van der Waals surface area contributed by atoms with E-state index in [2.05, 4.69) is 98.8 Å². The van der Waals surface area contributed by atoms with Crippen LogP contribution in [0.5, 0.6) is 0 Å². The Hall–Kier alpha value is -3.38. The van der Waals surface area contributed by atoms with Crippen LogP contribution >= 0.6 is 0 Å². The predicted octanol–water partition coefficient (Wildman–Crippen LogP) is 8.58. The highest BCUT2D eigenvalue weighted by Gasteiger charge is 2.09. The minimum atomic E-state index is 1.07. The van der Waals surface area contributed by atoms with E-state index in [4.69, 9.17) is 0 Å². The summed E-state index contributed by atoms with van der Waals surface area (Å²) in [5, 5.41) is 13.4. The molecule has 0 aromatic heterocycles. The fourth-order valence-corrected chi connectivity index (χ4v) is 5.06. The van der Waals surface area contributed by atoms with Gasteiger partial charge < -0.3 is 0 Å². The molecule has 0 radical (unpaired) electrons. The average molecular weight is 385 g/mol. The summed E-state index contributed by atoms with van der Waals surface area (Å²) in [4.78, 5) is 0. The van der Waals surface area contributed by atoms with Crippen LogP contribution in [-0.2, 0) is 12.8 Å². The third-order valence-corrected chi connectivity index (χ3v) is 6.77. The third kappa shape index (κ3) is 2.47. The Balaban J connectivity index is 1.68. The number of benzene rings is 6. The Bertz CT molecular complexity index is 1480. The van der Waals surface area contributed by atoms with Crippen LogP contribution in [0.15, 0.2) is 84.9 Å². The summed E-state index contributed by atoms with van der Waals surface area (Å²) in [6.07, 6.45) is 2.15. The van der Waals surface area contributed by atoms with E-state index in [0.29, 0.717) is 0 Å². The molecule has 144 valence electrons. The molecule has 0 aliphatic carbocycles. The number of hydrogen-bond acceptors (Lipinski definition) is 0. The van der Waals surface area contributed by atoms with E-state index in [9.17, 15) is 0 Å². The molecule has 6 aromatic rings. The lowest BCUT2D eigenvalue weighted by atomic mass is 9.92. The standard InChI is InChI=1S/C30H24/c1-3-19-5-9-23-21(17-19)7-11-27-25(23)13-15-30-28-12-8-22-18-20(4-2)6-10-24(22)26(28)14-16-29(27)30/h5-18H,3-4H2,1-2H3. The van der Waals surface area contributed by atoms with Crippen LogP contribution in [0.1, 0.15) is 25.0 Å². The molecule has 0 spiro atoms. The minimum absolute atomic E-state index is 1.07. The van der Waals surface area contributed by atoms with Crippen molar-refractivity contribution in [3.8, 4) is 0 Å². The largest absolute Gasteiger partial charge is 0.0613 e. The van der Waals surface area contributed by atoms with Crippen molar-refractivity contribution in [3.05, 3.63) is 96.1 Å².